The van der Waals surface area contributed by atoms with Crippen molar-refractivity contribution in [3.05, 3.63) is 83.9 Å². The Morgan fingerprint density at radius 3 is 2.35 bits per heavy atom. The van der Waals surface area contributed by atoms with Gasteiger partial charge in [-0.3, -0.25) is 4.79 Å². The first-order valence-electron chi connectivity index (χ1n) is 8.74. The Hall–Kier alpha value is -3.07. The first kappa shape index (κ1) is 17.7. The number of rotatable bonds is 5. The van der Waals surface area contributed by atoms with E-state index in [1.54, 1.807) is 6.92 Å². The third-order valence-electron chi connectivity index (χ3n) is 4.27. The van der Waals surface area contributed by atoms with Gasteiger partial charge in [-0.2, -0.15) is 0 Å². The normalized spacial score (nSPS) is 11.7. The summed E-state index contributed by atoms with van der Waals surface area (Å²) in [4.78, 5) is 12.6. The number of carbonyl (C=O) groups excluding carboxylic acids is 1. The van der Waals surface area contributed by atoms with E-state index in [1.165, 1.54) is 5.56 Å². The minimum atomic E-state index is -0.597. The predicted molar refractivity (Wildman–Crippen MR) is 107 cm³/mol. The summed E-state index contributed by atoms with van der Waals surface area (Å²) in [5, 5.41) is 3.00. The summed E-state index contributed by atoms with van der Waals surface area (Å²) < 4.78 is 5.87. The fourth-order valence-corrected chi connectivity index (χ4v) is 2.87. The zero-order valence-corrected chi connectivity index (χ0v) is 15.3. The largest absolute Gasteiger partial charge is 0.481 e. The fourth-order valence-electron chi connectivity index (χ4n) is 2.87. The van der Waals surface area contributed by atoms with E-state index in [2.05, 4.69) is 5.32 Å². The van der Waals surface area contributed by atoms with Crippen molar-refractivity contribution in [1.82, 2.24) is 0 Å². The van der Waals surface area contributed by atoms with E-state index < -0.39 is 6.10 Å². The standard InChI is InChI=1S/C23H23NO2/c1-16-13-14-22(17(2)15-16)26-18(3)23(25)24-21-12-8-7-11-20(21)19-9-5-4-6-10-19/h4-15,18H,1-3H3,(H,24,25)/t18-/m0/s1. The van der Waals surface area contributed by atoms with Gasteiger partial charge in [0.1, 0.15) is 5.75 Å². The van der Waals surface area contributed by atoms with Gasteiger partial charge in [-0.05, 0) is 44.0 Å². The molecule has 0 bridgehead atoms. The number of hydrogen-bond acceptors (Lipinski definition) is 2. The quantitative estimate of drug-likeness (QED) is 0.674. The van der Waals surface area contributed by atoms with Crippen molar-refractivity contribution in [2.75, 3.05) is 5.32 Å². The SMILES string of the molecule is Cc1ccc(O[C@@H](C)C(=O)Nc2ccccc2-c2ccccc2)c(C)c1. The first-order chi connectivity index (χ1) is 12.5. The molecule has 26 heavy (non-hydrogen) atoms. The summed E-state index contributed by atoms with van der Waals surface area (Å²) in [5.74, 6) is 0.558. The van der Waals surface area contributed by atoms with Gasteiger partial charge < -0.3 is 10.1 Å². The van der Waals surface area contributed by atoms with E-state index in [4.69, 9.17) is 4.74 Å². The van der Waals surface area contributed by atoms with Crippen LogP contribution in [0.15, 0.2) is 72.8 Å². The highest BCUT2D eigenvalue weighted by Crippen LogP contribution is 2.28. The first-order valence-corrected chi connectivity index (χ1v) is 8.74. The average molecular weight is 345 g/mol. The minimum Gasteiger partial charge on any atom is -0.481 e. The van der Waals surface area contributed by atoms with Crippen LogP contribution in [0.3, 0.4) is 0 Å². The number of benzene rings is 3. The Kier molecular flexibility index (Phi) is 5.37. The number of nitrogens with one attached hydrogen (secondary N) is 1. The van der Waals surface area contributed by atoms with Crippen LogP contribution in [0.1, 0.15) is 18.1 Å². The number of carbonyl (C=O) groups is 1. The number of aryl methyl sites for hydroxylation is 2. The smallest absolute Gasteiger partial charge is 0.265 e. The van der Waals surface area contributed by atoms with Crippen LogP contribution in [0.2, 0.25) is 0 Å². The Morgan fingerprint density at radius 1 is 0.923 bits per heavy atom. The summed E-state index contributed by atoms with van der Waals surface area (Å²) in [5.41, 5.74) is 5.02. The molecule has 132 valence electrons. The molecule has 3 aromatic carbocycles. The molecule has 0 aliphatic carbocycles. The third-order valence-corrected chi connectivity index (χ3v) is 4.27. The molecular formula is C23H23NO2. The maximum absolute atomic E-state index is 12.6. The maximum atomic E-state index is 12.6. The molecule has 0 saturated heterocycles. The molecule has 0 unspecified atom stereocenters. The summed E-state index contributed by atoms with van der Waals surface area (Å²) >= 11 is 0. The molecule has 0 aliphatic rings. The zero-order chi connectivity index (χ0) is 18.5. The highest BCUT2D eigenvalue weighted by Gasteiger charge is 2.17. The van der Waals surface area contributed by atoms with E-state index in [1.807, 2.05) is 86.6 Å². The molecule has 0 saturated carbocycles. The van der Waals surface area contributed by atoms with E-state index in [0.717, 1.165) is 28.1 Å². The molecule has 0 aliphatic heterocycles. The average Bonchev–Trinajstić information content (AvgIpc) is 2.65. The van der Waals surface area contributed by atoms with Crippen LogP contribution < -0.4 is 10.1 Å². The zero-order valence-electron chi connectivity index (χ0n) is 15.3. The van der Waals surface area contributed by atoms with Gasteiger partial charge in [0.2, 0.25) is 0 Å². The van der Waals surface area contributed by atoms with E-state index >= 15 is 0 Å². The lowest BCUT2D eigenvalue weighted by atomic mass is 10.0. The molecule has 3 heteroatoms. The topological polar surface area (TPSA) is 38.3 Å². The highest BCUT2D eigenvalue weighted by atomic mass is 16.5. The summed E-state index contributed by atoms with van der Waals surface area (Å²) in [6.07, 6.45) is -0.597. The number of para-hydroxylation sites is 1. The van der Waals surface area contributed by atoms with Gasteiger partial charge in [0, 0.05) is 11.3 Å². The second-order valence-corrected chi connectivity index (χ2v) is 6.43. The molecule has 3 nitrogen and oxygen atoms in total. The van der Waals surface area contributed by atoms with E-state index in [0.29, 0.717) is 0 Å². The third kappa shape index (κ3) is 4.12. The van der Waals surface area contributed by atoms with E-state index in [-0.39, 0.29) is 5.91 Å². The molecular weight excluding hydrogens is 322 g/mol. The highest BCUT2D eigenvalue weighted by molar-refractivity contribution is 5.98. The molecule has 3 rings (SSSR count). The fraction of sp³-hybridized carbons (Fsp3) is 0.174. The summed E-state index contributed by atoms with van der Waals surface area (Å²) in [7, 11) is 0. The second-order valence-electron chi connectivity index (χ2n) is 6.43. The molecule has 0 aromatic heterocycles. The predicted octanol–water partition coefficient (Wildman–Crippen LogP) is 5.38. The van der Waals surface area contributed by atoms with Gasteiger partial charge in [0.15, 0.2) is 6.10 Å². The van der Waals surface area contributed by atoms with Crippen LogP contribution in [0.4, 0.5) is 5.69 Å². The Bertz CT molecular complexity index is 903. The molecule has 0 heterocycles. The van der Waals surface area contributed by atoms with Gasteiger partial charge >= 0.3 is 0 Å². The van der Waals surface area contributed by atoms with Gasteiger partial charge in [0.05, 0.1) is 0 Å². The number of ether oxygens (including phenoxy) is 1. The monoisotopic (exact) mass is 345 g/mol. The van der Waals surface area contributed by atoms with Crippen molar-refractivity contribution < 1.29 is 9.53 Å². The van der Waals surface area contributed by atoms with Crippen molar-refractivity contribution in [2.45, 2.75) is 26.9 Å². The molecule has 0 spiro atoms. The van der Waals surface area contributed by atoms with Gasteiger partial charge in [0.25, 0.3) is 5.91 Å². The van der Waals surface area contributed by atoms with Crippen LogP contribution in [0.25, 0.3) is 11.1 Å². The second kappa shape index (κ2) is 7.87. The molecule has 1 amide bonds. The van der Waals surface area contributed by atoms with Gasteiger partial charge in [-0.15, -0.1) is 0 Å². The van der Waals surface area contributed by atoms with Crippen molar-refractivity contribution >= 4 is 11.6 Å². The maximum Gasteiger partial charge on any atom is 0.265 e. The minimum absolute atomic E-state index is 0.173. The van der Waals surface area contributed by atoms with Crippen molar-refractivity contribution in [1.29, 1.82) is 0 Å². The Balaban J connectivity index is 1.76. The van der Waals surface area contributed by atoms with Gasteiger partial charge in [-0.25, -0.2) is 0 Å². The summed E-state index contributed by atoms with van der Waals surface area (Å²) in [6, 6.07) is 23.7. The van der Waals surface area contributed by atoms with Crippen LogP contribution in [-0.2, 0) is 4.79 Å². The molecule has 0 radical (unpaired) electrons. The van der Waals surface area contributed by atoms with Crippen LogP contribution in [-0.4, -0.2) is 12.0 Å². The number of hydrogen-bond donors (Lipinski definition) is 1. The molecule has 1 atom stereocenters. The number of amides is 1. The summed E-state index contributed by atoms with van der Waals surface area (Å²) in [6.45, 7) is 5.78. The molecule has 0 fully saturated rings. The Labute approximate surface area is 154 Å². The van der Waals surface area contributed by atoms with E-state index in [9.17, 15) is 4.79 Å². The molecule has 3 aromatic rings. The lowest BCUT2D eigenvalue weighted by molar-refractivity contribution is -0.122. The van der Waals surface area contributed by atoms with Gasteiger partial charge in [-0.1, -0.05) is 66.2 Å². The molecule has 1 N–H and O–H groups in total. The number of anilines is 1. The van der Waals surface area contributed by atoms with Crippen molar-refractivity contribution in [3.8, 4) is 16.9 Å². The lowest BCUT2D eigenvalue weighted by Gasteiger charge is -2.18. The van der Waals surface area contributed by atoms with Crippen LogP contribution in [0.5, 0.6) is 5.75 Å². The van der Waals surface area contributed by atoms with Crippen molar-refractivity contribution in [2.24, 2.45) is 0 Å². The Morgan fingerprint density at radius 2 is 1.62 bits per heavy atom. The van der Waals surface area contributed by atoms with Crippen LogP contribution >= 0.6 is 0 Å². The van der Waals surface area contributed by atoms with Crippen LogP contribution in [0, 0.1) is 13.8 Å². The lowest BCUT2D eigenvalue weighted by Crippen LogP contribution is -2.30. The van der Waals surface area contributed by atoms with Crippen molar-refractivity contribution in [3.63, 3.8) is 0 Å².